The highest BCUT2D eigenvalue weighted by Crippen LogP contribution is 2.35. The molecule has 0 spiro atoms. The summed E-state index contributed by atoms with van der Waals surface area (Å²) in [5, 5.41) is 10.6. The van der Waals surface area contributed by atoms with Crippen LogP contribution in [0.15, 0.2) is 30.3 Å². The van der Waals surface area contributed by atoms with Gasteiger partial charge in [0, 0.05) is 0 Å². The predicted octanol–water partition coefficient (Wildman–Crippen LogP) is 3.95. The second kappa shape index (κ2) is 5.68. The van der Waals surface area contributed by atoms with E-state index in [4.69, 9.17) is 0 Å². The van der Waals surface area contributed by atoms with E-state index in [0.717, 1.165) is 12.8 Å². The summed E-state index contributed by atoms with van der Waals surface area (Å²) in [7, 11) is 0. The first-order valence-electron chi connectivity index (χ1n) is 6.95. The van der Waals surface area contributed by atoms with E-state index >= 15 is 0 Å². The van der Waals surface area contributed by atoms with Crippen LogP contribution >= 0.6 is 0 Å². The predicted molar refractivity (Wildman–Crippen MR) is 72.0 cm³/mol. The van der Waals surface area contributed by atoms with Gasteiger partial charge in [-0.1, -0.05) is 49.6 Å². The van der Waals surface area contributed by atoms with Crippen LogP contribution in [-0.4, -0.2) is 10.7 Å². The van der Waals surface area contributed by atoms with Crippen molar-refractivity contribution in [2.45, 2.75) is 57.5 Å². The van der Waals surface area contributed by atoms with Crippen LogP contribution in [-0.2, 0) is 6.42 Å². The monoisotopic (exact) mass is 232 g/mol. The molecule has 0 amide bonds. The quantitative estimate of drug-likeness (QED) is 0.833. The Kier molecular flexibility index (Phi) is 4.22. The summed E-state index contributed by atoms with van der Waals surface area (Å²) in [4.78, 5) is 0. The first kappa shape index (κ1) is 12.6. The lowest BCUT2D eigenvalue weighted by Crippen LogP contribution is -2.36. The van der Waals surface area contributed by atoms with E-state index in [1.165, 1.54) is 37.7 Å². The van der Waals surface area contributed by atoms with Crippen LogP contribution in [0.4, 0.5) is 0 Å². The molecule has 1 heteroatoms. The van der Waals surface area contributed by atoms with Gasteiger partial charge in [0.25, 0.3) is 0 Å². The van der Waals surface area contributed by atoms with Crippen LogP contribution in [0.2, 0.25) is 0 Å². The fraction of sp³-hybridized carbons (Fsp3) is 0.625. The van der Waals surface area contributed by atoms with Crippen LogP contribution in [0.5, 0.6) is 0 Å². The Balaban J connectivity index is 1.88. The Hall–Kier alpha value is -0.820. The first-order chi connectivity index (χ1) is 8.18. The average molecular weight is 232 g/mol. The molecule has 1 N–H and O–H groups in total. The smallest absolute Gasteiger partial charge is 0.0651 e. The zero-order valence-corrected chi connectivity index (χ0v) is 10.9. The lowest BCUT2D eigenvalue weighted by Gasteiger charge is -2.35. The number of benzene rings is 1. The topological polar surface area (TPSA) is 20.2 Å². The van der Waals surface area contributed by atoms with E-state index in [2.05, 4.69) is 24.3 Å². The molecule has 1 aromatic carbocycles. The molecule has 0 aliphatic heterocycles. The third kappa shape index (κ3) is 3.57. The van der Waals surface area contributed by atoms with E-state index in [0.29, 0.717) is 5.92 Å². The molecule has 1 aliphatic carbocycles. The van der Waals surface area contributed by atoms with E-state index < -0.39 is 5.60 Å². The van der Waals surface area contributed by atoms with Gasteiger partial charge in [0.1, 0.15) is 0 Å². The minimum Gasteiger partial charge on any atom is -0.390 e. The van der Waals surface area contributed by atoms with E-state index in [1.807, 2.05) is 13.0 Å². The minimum absolute atomic E-state index is 0.476. The van der Waals surface area contributed by atoms with Crippen molar-refractivity contribution >= 4 is 0 Å². The van der Waals surface area contributed by atoms with Crippen molar-refractivity contribution in [1.29, 1.82) is 0 Å². The molecule has 0 saturated heterocycles. The van der Waals surface area contributed by atoms with Crippen molar-refractivity contribution in [3.05, 3.63) is 35.9 Å². The second-order valence-electron chi connectivity index (χ2n) is 5.68. The molecule has 1 aromatic rings. The summed E-state index contributed by atoms with van der Waals surface area (Å²) in [6, 6.07) is 10.5. The van der Waals surface area contributed by atoms with Gasteiger partial charge in [-0.2, -0.15) is 0 Å². The lowest BCUT2D eigenvalue weighted by molar-refractivity contribution is -0.0232. The summed E-state index contributed by atoms with van der Waals surface area (Å²) >= 11 is 0. The molecule has 17 heavy (non-hydrogen) atoms. The minimum atomic E-state index is -0.476. The maximum atomic E-state index is 10.6. The second-order valence-corrected chi connectivity index (χ2v) is 5.68. The summed E-state index contributed by atoms with van der Waals surface area (Å²) in [6.07, 6.45) is 8.25. The van der Waals surface area contributed by atoms with Gasteiger partial charge in [-0.25, -0.2) is 0 Å². The SMILES string of the molecule is C[C@@](O)(CCc1ccccc1)C1CCCCC1. The van der Waals surface area contributed by atoms with E-state index in [9.17, 15) is 5.11 Å². The molecule has 0 unspecified atom stereocenters. The Morgan fingerprint density at radius 2 is 1.76 bits per heavy atom. The van der Waals surface area contributed by atoms with Gasteiger partial charge in [-0.15, -0.1) is 0 Å². The van der Waals surface area contributed by atoms with Gasteiger partial charge < -0.3 is 5.11 Å². The third-order valence-corrected chi connectivity index (χ3v) is 4.25. The van der Waals surface area contributed by atoms with Crippen molar-refractivity contribution < 1.29 is 5.11 Å². The van der Waals surface area contributed by atoms with Gasteiger partial charge in [0.15, 0.2) is 0 Å². The number of aliphatic hydroxyl groups is 1. The van der Waals surface area contributed by atoms with Crippen LogP contribution < -0.4 is 0 Å². The van der Waals surface area contributed by atoms with Gasteiger partial charge in [0.2, 0.25) is 0 Å². The molecule has 1 nitrogen and oxygen atoms in total. The zero-order valence-electron chi connectivity index (χ0n) is 10.9. The number of hydrogen-bond acceptors (Lipinski definition) is 1. The van der Waals surface area contributed by atoms with Crippen molar-refractivity contribution in [2.75, 3.05) is 0 Å². The molecular formula is C16H24O. The molecule has 0 aromatic heterocycles. The summed E-state index contributed by atoms with van der Waals surface area (Å²) in [5.74, 6) is 0.514. The van der Waals surface area contributed by atoms with Crippen molar-refractivity contribution in [3.63, 3.8) is 0 Å². The Morgan fingerprint density at radius 1 is 1.12 bits per heavy atom. The highest BCUT2D eigenvalue weighted by atomic mass is 16.3. The van der Waals surface area contributed by atoms with E-state index in [1.54, 1.807) is 0 Å². The highest BCUT2D eigenvalue weighted by molar-refractivity contribution is 5.15. The number of rotatable bonds is 4. The lowest BCUT2D eigenvalue weighted by atomic mass is 9.75. The Labute approximate surface area is 105 Å². The normalized spacial score (nSPS) is 21.1. The highest BCUT2D eigenvalue weighted by Gasteiger charge is 2.32. The molecule has 0 heterocycles. The molecule has 1 fully saturated rings. The fourth-order valence-corrected chi connectivity index (χ4v) is 2.97. The molecule has 0 bridgehead atoms. The maximum Gasteiger partial charge on any atom is 0.0651 e. The molecule has 1 aliphatic rings. The maximum absolute atomic E-state index is 10.6. The summed E-state index contributed by atoms with van der Waals surface area (Å²) in [6.45, 7) is 2.03. The van der Waals surface area contributed by atoms with Gasteiger partial charge in [-0.3, -0.25) is 0 Å². The van der Waals surface area contributed by atoms with Gasteiger partial charge in [0.05, 0.1) is 5.60 Å². The van der Waals surface area contributed by atoms with Crippen LogP contribution in [0, 0.1) is 5.92 Å². The van der Waals surface area contributed by atoms with Crippen molar-refractivity contribution in [2.24, 2.45) is 5.92 Å². The van der Waals surface area contributed by atoms with Gasteiger partial charge in [-0.05, 0) is 44.1 Å². The van der Waals surface area contributed by atoms with Crippen LogP contribution in [0.1, 0.15) is 51.0 Å². The molecule has 1 atom stereocenters. The van der Waals surface area contributed by atoms with E-state index in [-0.39, 0.29) is 0 Å². The fourth-order valence-electron chi connectivity index (χ4n) is 2.97. The summed E-state index contributed by atoms with van der Waals surface area (Å²) in [5.41, 5.74) is 0.861. The summed E-state index contributed by atoms with van der Waals surface area (Å²) < 4.78 is 0. The molecule has 2 rings (SSSR count). The van der Waals surface area contributed by atoms with Crippen LogP contribution in [0.3, 0.4) is 0 Å². The Morgan fingerprint density at radius 3 is 2.41 bits per heavy atom. The number of aryl methyl sites for hydroxylation is 1. The van der Waals surface area contributed by atoms with Crippen molar-refractivity contribution in [1.82, 2.24) is 0 Å². The van der Waals surface area contributed by atoms with Gasteiger partial charge >= 0.3 is 0 Å². The third-order valence-electron chi connectivity index (χ3n) is 4.25. The first-order valence-corrected chi connectivity index (χ1v) is 6.95. The molecular weight excluding hydrogens is 208 g/mol. The van der Waals surface area contributed by atoms with Crippen molar-refractivity contribution in [3.8, 4) is 0 Å². The zero-order chi connectivity index (χ0) is 12.1. The average Bonchev–Trinajstić information content (AvgIpc) is 2.39. The Bertz CT molecular complexity index is 323. The molecule has 94 valence electrons. The molecule has 1 saturated carbocycles. The standard InChI is InChI=1S/C16H24O/c1-16(17,15-10-6-3-7-11-15)13-12-14-8-4-2-5-9-14/h2,4-5,8-9,15,17H,3,6-7,10-13H2,1H3/t16-/m1/s1. The molecule has 0 radical (unpaired) electrons. The van der Waals surface area contributed by atoms with Crippen LogP contribution in [0.25, 0.3) is 0 Å². The largest absolute Gasteiger partial charge is 0.390 e. The number of hydrogen-bond donors (Lipinski definition) is 1.